The van der Waals surface area contributed by atoms with Gasteiger partial charge in [-0.3, -0.25) is 19.7 Å². The molecule has 0 aliphatic rings. The van der Waals surface area contributed by atoms with Crippen LogP contribution in [0.15, 0.2) is 77.0 Å². The van der Waals surface area contributed by atoms with Gasteiger partial charge < -0.3 is 10.4 Å². The number of nitrogens with one attached hydrogen (secondary N) is 1. The van der Waals surface area contributed by atoms with Gasteiger partial charge in [-0.1, -0.05) is 36.4 Å². The molecule has 0 fully saturated rings. The Kier molecular flexibility index (Phi) is 5.88. The van der Waals surface area contributed by atoms with Crippen LogP contribution in [0.5, 0.6) is 5.88 Å². The van der Waals surface area contributed by atoms with Crippen molar-refractivity contribution in [1.29, 1.82) is 0 Å². The van der Waals surface area contributed by atoms with Crippen molar-refractivity contribution in [3.8, 4) is 5.88 Å². The van der Waals surface area contributed by atoms with E-state index < -0.39 is 28.3 Å². The molecule has 0 atom stereocenters. The number of hydrogen-bond donors (Lipinski definition) is 2. The standard InChI is InChI=1S/C24H19N5O5/c1-14-7-3-5-9-18(14)25-23(31)16-11-12-19(21(13-16)29(33)34)26-27-22-17-8-4-6-10-20(17)28(15(2)30)24(22)32/h3-13,32H,1-2H3,(H,25,31). The molecule has 1 aromatic heterocycles. The quantitative estimate of drug-likeness (QED) is 0.218. The number of nitro benzene ring substituents is 1. The molecule has 0 saturated heterocycles. The fourth-order valence-electron chi connectivity index (χ4n) is 3.53. The molecule has 1 heterocycles. The molecule has 0 unspecified atom stereocenters. The molecule has 0 aliphatic heterocycles. The molecule has 170 valence electrons. The van der Waals surface area contributed by atoms with Crippen LogP contribution in [-0.4, -0.2) is 26.4 Å². The summed E-state index contributed by atoms with van der Waals surface area (Å²) in [6.07, 6.45) is 0. The van der Waals surface area contributed by atoms with E-state index in [9.17, 15) is 24.8 Å². The summed E-state index contributed by atoms with van der Waals surface area (Å²) in [5.41, 5.74) is 1.40. The lowest BCUT2D eigenvalue weighted by molar-refractivity contribution is -0.384. The lowest BCUT2D eigenvalue weighted by Crippen LogP contribution is -2.12. The molecule has 0 bridgehead atoms. The van der Waals surface area contributed by atoms with Crippen LogP contribution >= 0.6 is 0 Å². The van der Waals surface area contributed by atoms with Crippen LogP contribution < -0.4 is 5.32 Å². The summed E-state index contributed by atoms with van der Waals surface area (Å²) in [6.45, 7) is 3.12. The number of benzene rings is 3. The van der Waals surface area contributed by atoms with E-state index in [2.05, 4.69) is 15.5 Å². The molecule has 4 aromatic rings. The zero-order chi connectivity index (χ0) is 24.4. The highest BCUT2D eigenvalue weighted by atomic mass is 16.6. The number of fused-ring (bicyclic) bond motifs is 1. The van der Waals surface area contributed by atoms with Crippen LogP contribution in [0.2, 0.25) is 0 Å². The Morgan fingerprint density at radius 2 is 1.74 bits per heavy atom. The fourth-order valence-corrected chi connectivity index (χ4v) is 3.53. The van der Waals surface area contributed by atoms with Gasteiger partial charge in [0.15, 0.2) is 11.4 Å². The van der Waals surface area contributed by atoms with E-state index in [1.807, 2.05) is 19.1 Å². The van der Waals surface area contributed by atoms with Crippen molar-refractivity contribution >= 4 is 45.5 Å². The molecule has 4 rings (SSSR count). The Labute approximate surface area is 193 Å². The Balaban J connectivity index is 1.70. The van der Waals surface area contributed by atoms with Crippen molar-refractivity contribution in [1.82, 2.24) is 4.57 Å². The molecule has 0 radical (unpaired) electrons. The number of hydrogen-bond acceptors (Lipinski definition) is 7. The van der Waals surface area contributed by atoms with Gasteiger partial charge in [-0.05, 0) is 36.8 Å². The monoisotopic (exact) mass is 457 g/mol. The fraction of sp³-hybridized carbons (Fsp3) is 0.0833. The van der Waals surface area contributed by atoms with Crippen LogP contribution in [0, 0.1) is 17.0 Å². The molecule has 0 spiro atoms. The van der Waals surface area contributed by atoms with E-state index in [-0.39, 0.29) is 16.9 Å². The lowest BCUT2D eigenvalue weighted by Gasteiger charge is -2.08. The summed E-state index contributed by atoms with van der Waals surface area (Å²) in [6, 6.07) is 17.7. The Bertz CT molecular complexity index is 1490. The molecule has 3 aromatic carbocycles. The number of nitrogens with zero attached hydrogens (tertiary/aromatic N) is 4. The first kappa shape index (κ1) is 22.3. The zero-order valence-corrected chi connectivity index (χ0v) is 18.2. The highest BCUT2D eigenvalue weighted by molar-refractivity contribution is 6.05. The van der Waals surface area contributed by atoms with Crippen molar-refractivity contribution in [2.45, 2.75) is 13.8 Å². The first-order valence-corrected chi connectivity index (χ1v) is 10.2. The predicted molar refractivity (Wildman–Crippen MR) is 126 cm³/mol. The highest BCUT2D eigenvalue weighted by Crippen LogP contribution is 2.40. The van der Waals surface area contributed by atoms with E-state index in [1.165, 1.54) is 19.1 Å². The largest absolute Gasteiger partial charge is 0.493 e. The second-order valence-corrected chi connectivity index (χ2v) is 7.47. The zero-order valence-electron chi connectivity index (χ0n) is 18.2. The number of amides is 1. The van der Waals surface area contributed by atoms with Crippen LogP contribution in [0.3, 0.4) is 0 Å². The van der Waals surface area contributed by atoms with Crippen molar-refractivity contribution in [2.24, 2.45) is 10.2 Å². The Morgan fingerprint density at radius 1 is 1.03 bits per heavy atom. The maximum absolute atomic E-state index is 12.6. The molecule has 10 heteroatoms. The van der Waals surface area contributed by atoms with Gasteiger partial charge in [0.05, 0.1) is 10.4 Å². The third-order valence-corrected chi connectivity index (χ3v) is 5.22. The lowest BCUT2D eigenvalue weighted by atomic mass is 10.1. The van der Waals surface area contributed by atoms with Crippen LogP contribution in [-0.2, 0) is 0 Å². The van der Waals surface area contributed by atoms with E-state index in [0.29, 0.717) is 16.6 Å². The maximum atomic E-state index is 12.6. The number of aromatic nitrogens is 1. The van der Waals surface area contributed by atoms with E-state index >= 15 is 0 Å². The minimum Gasteiger partial charge on any atom is -0.493 e. The molecule has 0 aliphatic carbocycles. The number of carbonyl (C=O) groups is 2. The van der Waals surface area contributed by atoms with E-state index in [4.69, 9.17) is 0 Å². The number of azo groups is 1. The summed E-state index contributed by atoms with van der Waals surface area (Å²) < 4.78 is 1.08. The predicted octanol–water partition coefficient (Wildman–Crippen LogP) is 5.89. The number of para-hydroxylation sites is 2. The minimum absolute atomic E-state index is 0.00136. The van der Waals surface area contributed by atoms with Gasteiger partial charge in [0.2, 0.25) is 11.8 Å². The summed E-state index contributed by atoms with van der Waals surface area (Å²) >= 11 is 0. The minimum atomic E-state index is -0.669. The first-order valence-electron chi connectivity index (χ1n) is 10.2. The van der Waals surface area contributed by atoms with Crippen molar-refractivity contribution in [2.75, 3.05) is 5.32 Å². The van der Waals surface area contributed by atoms with Gasteiger partial charge in [0.1, 0.15) is 0 Å². The smallest absolute Gasteiger partial charge is 0.297 e. The third-order valence-electron chi connectivity index (χ3n) is 5.22. The average Bonchev–Trinajstić information content (AvgIpc) is 3.10. The summed E-state index contributed by atoms with van der Waals surface area (Å²) in [5.74, 6) is -1.36. The van der Waals surface area contributed by atoms with Gasteiger partial charge in [-0.25, -0.2) is 4.57 Å². The Hall–Kier alpha value is -4.86. The number of nitro groups is 1. The molecule has 34 heavy (non-hydrogen) atoms. The molecule has 10 nitrogen and oxygen atoms in total. The number of carbonyl (C=O) groups excluding carboxylic acids is 2. The van der Waals surface area contributed by atoms with Crippen molar-refractivity contribution < 1.29 is 19.6 Å². The van der Waals surface area contributed by atoms with E-state index in [0.717, 1.165) is 16.2 Å². The average molecular weight is 457 g/mol. The van der Waals surface area contributed by atoms with Crippen molar-refractivity contribution in [3.63, 3.8) is 0 Å². The molecular weight excluding hydrogens is 438 g/mol. The van der Waals surface area contributed by atoms with Crippen LogP contribution in [0.1, 0.15) is 27.6 Å². The second kappa shape index (κ2) is 8.94. The number of anilines is 1. The van der Waals surface area contributed by atoms with Crippen LogP contribution in [0.25, 0.3) is 10.9 Å². The third kappa shape index (κ3) is 4.11. The van der Waals surface area contributed by atoms with Crippen molar-refractivity contribution in [3.05, 3.63) is 88.0 Å². The van der Waals surface area contributed by atoms with E-state index in [1.54, 1.807) is 36.4 Å². The topological polar surface area (TPSA) is 139 Å². The van der Waals surface area contributed by atoms with Crippen LogP contribution in [0.4, 0.5) is 22.7 Å². The molecule has 0 saturated carbocycles. The highest BCUT2D eigenvalue weighted by Gasteiger charge is 2.21. The summed E-state index contributed by atoms with van der Waals surface area (Å²) in [4.78, 5) is 35.6. The number of aromatic hydroxyl groups is 1. The second-order valence-electron chi connectivity index (χ2n) is 7.47. The molecule has 1 amide bonds. The molecule has 2 N–H and O–H groups in total. The van der Waals surface area contributed by atoms with Gasteiger partial charge in [-0.2, -0.15) is 0 Å². The molecular formula is C24H19N5O5. The normalized spacial score (nSPS) is 11.1. The number of rotatable bonds is 5. The van der Waals surface area contributed by atoms with Gasteiger partial charge >= 0.3 is 0 Å². The summed E-state index contributed by atoms with van der Waals surface area (Å²) in [5, 5.41) is 33.3. The van der Waals surface area contributed by atoms with Gasteiger partial charge in [-0.15, -0.1) is 10.2 Å². The van der Waals surface area contributed by atoms with Gasteiger partial charge in [0, 0.05) is 29.6 Å². The Morgan fingerprint density at radius 3 is 2.44 bits per heavy atom. The number of aryl methyl sites for hydroxylation is 1. The SMILES string of the molecule is CC(=O)n1c(O)c(N=Nc2ccc(C(=O)Nc3ccccc3C)cc2[N+](=O)[O-])c2ccccc21. The summed E-state index contributed by atoms with van der Waals surface area (Å²) in [7, 11) is 0. The first-order chi connectivity index (χ1) is 16.3. The maximum Gasteiger partial charge on any atom is 0.297 e. The van der Waals surface area contributed by atoms with Gasteiger partial charge in [0.25, 0.3) is 11.6 Å².